The van der Waals surface area contributed by atoms with Crippen molar-refractivity contribution in [3.05, 3.63) is 55.8 Å². The Bertz CT molecular complexity index is 789. The highest BCUT2D eigenvalue weighted by atomic mass is 35.5. The highest BCUT2D eigenvalue weighted by Gasteiger charge is 2.32. The molecule has 1 fully saturated rings. The van der Waals surface area contributed by atoms with Crippen LogP contribution in [0.2, 0.25) is 5.02 Å². The van der Waals surface area contributed by atoms with Crippen LogP contribution in [0.4, 0.5) is 0 Å². The topological polar surface area (TPSA) is 91.0 Å². The molecule has 1 aliphatic rings. The molecule has 1 aliphatic carbocycles. The number of aromatic nitrogens is 3. The van der Waals surface area contributed by atoms with E-state index in [1.165, 1.54) is 0 Å². The Morgan fingerprint density at radius 1 is 1.17 bits per heavy atom. The molecule has 0 saturated heterocycles. The van der Waals surface area contributed by atoms with Crippen LogP contribution in [-0.2, 0) is 17.9 Å². The lowest BCUT2D eigenvalue weighted by Crippen LogP contribution is -2.33. The van der Waals surface area contributed by atoms with Gasteiger partial charge in [-0.25, -0.2) is 24.4 Å². The first-order chi connectivity index (χ1) is 11.5. The highest BCUT2D eigenvalue weighted by molar-refractivity contribution is 6.30. The number of carbonyl (C=O) groups is 1. The zero-order chi connectivity index (χ0) is 17.1. The third-order valence-corrected chi connectivity index (χ3v) is 4.37. The summed E-state index contributed by atoms with van der Waals surface area (Å²) in [5.41, 5.74) is 0.0817. The molecule has 8 heteroatoms. The molecule has 128 valence electrons. The van der Waals surface area contributed by atoms with Gasteiger partial charge in [0.1, 0.15) is 0 Å². The van der Waals surface area contributed by atoms with Crippen LogP contribution in [0, 0.1) is 0 Å². The molecule has 7 nitrogen and oxygen atoms in total. The quantitative estimate of drug-likeness (QED) is 0.792. The van der Waals surface area contributed by atoms with Gasteiger partial charge < -0.3 is 4.90 Å². The summed E-state index contributed by atoms with van der Waals surface area (Å²) in [7, 11) is 0. The Morgan fingerprint density at radius 2 is 1.79 bits per heavy atom. The third-order valence-electron chi connectivity index (χ3n) is 4.11. The number of halogens is 1. The lowest BCUT2D eigenvalue weighted by Gasteiger charge is -2.22. The van der Waals surface area contributed by atoms with E-state index in [0.717, 1.165) is 23.0 Å². The lowest BCUT2D eigenvalue weighted by atomic mass is 10.2. The van der Waals surface area contributed by atoms with Crippen molar-refractivity contribution in [1.82, 2.24) is 19.7 Å². The molecule has 1 amide bonds. The van der Waals surface area contributed by atoms with E-state index in [-0.39, 0.29) is 12.5 Å². The molecule has 0 bridgehead atoms. The smallest absolute Gasteiger partial charge is 0.335 e. The zero-order valence-electron chi connectivity index (χ0n) is 13.1. The largest absolute Gasteiger partial charge is 0.344 e. The number of H-pyrrole nitrogens is 2. The van der Waals surface area contributed by atoms with E-state index in [4.69, 9.17) is 11.6 Å². The summed E-state index contributed by atoms with van der Waals surface area (Å²) in [5.74, 6) is 0.0486. The molecule has 2 aromatic rings. The molecular formula is C16H19ClN4O3. The summed E-state index contributed by atoms with van der Waals surface area (Å²) >= 11 is 5.89. The molecule has 0 atom stereocenters. The van der Waals surface area contributed by atoms with Crippen LogP contribution in [0.3, 0.4) is 0 Å². The maximum atomic E-state index is 12.5. The normalized spacial score (nSPS) is 13.9. The van der Waals surface area contributed by atoms with Crippen LogP contribution in [0.25, 0.3) is 0 Å². The SMILES string of the molecule is O=C(CCCn1c(=O)[nH][nH]c1=O)N(Cc1ccc(Cl)cc1)C1CC1. The molecule has 1 saturated carbocycles. The van der Waals surface area contributed by atoms with E-state index in [1.807, 2.05) is 29.2 Å². The van der Waals surface area contributed by atoms with Crippen LogP contribution in [-0.4, -0.2) is 31.6 Å². The molecular weight excluding hydrogens is 332 g/mol. The van der Waals surface area contributed by atoms with Crippen LogP contribution in [0.15, 0.2) is 33.9 Å². The number of amides is 1. The summed E-state index contributed by atoms with van der Waals surface area (Å²) in [4.78, 5) is 37.2. The van der Waals surface area contributed by atoms with Crippen molar-refractivity contribution in [3.63, 3.8) is 0 Å². The second-order valence-electron chi connectivity index (χ2n) is 5.99. The number of aromatic amines is 2. The van der Waals surface area contributed by atoms with Crippen molar-refractivity contribution in [2.75, 3.05) is 0 Å². The second kappa shape index (κ2) is 7.09. The number of rotatable bonds is 7. The Balaban J connectivity index is 1.57. The Labute approximate surface area is 143 Å². The van der Waals surface area contributed by atoms with Gasteiger partial charge in [0.15, 0.2) is 0 Å². The van der Waals surface area contributed by atoms with Gasteiger partial charge in [0.05, 0.1) is 0 Å². The van der Waals surface area contributed by atoms with Gasteiger partial charge in [-0.2, -0.15) is 0 Å². The molecule has 1 aromatic carbocycles. The Morgan fingerprint density at radius 3 is 2.38 bits per heavy atom. The summed E-state index contributed by atoms with van der Waals surface area (Å²) < 4.78 is 1.06. The van der Waals surface area contributed by atoms with Crippen LogP contribution < -0.4 is 11.4 Å². The van der Waals surface area contributed by atoms with Gasteiger partial charge in [-0.05, 0) is 37.0 Å². The van der Waals surface area contributed by atoms with Crippen molar-refractivity contribution in [2.24, 2.45) is 0 Å². The van der Waals surface area contributed by atoms with Gasteiger partial charge in [0, 0.05) is 30.6 Å². The maximum Gasteiger partial charge on any atom is 0.344 e. The van der Waals surface area contributed by atoms with Crippen LogP contribution >= 0.6 is 11.6 Å². The zero-order valence-corrected chi connectivity index (χ0v) is 13.9. The van der Waals surface area contributed by atoms with E-state index < -0.39 is 11.4 Å². The molecule has 1 aromatic heterocycles. The number of carbonyl (C=O) groups excluding carboxylic acids is 1. The van der Waals surface area contributed by atoms with E-state index in [1.54, 1.807) is 0 Å². The van der Waals surface area contributed by atoms with Gasteiger partial charge in [0.25, 0.3) is 0 Å². The second-order valence-corrected chi connectivity index (χ2v) is 6.43. The fourth-order valence-electron chi connectivity index (χ4n) is 2.66. The van der Waals surface area contributed by atoms with Crippen molar-refractivity contribution in [3.8, 4) is 0 Å². The molecule has 1 heterocycles. The number of nitrogens with zero attached hydrogens (tertiary/aromatic N) is 2. The third kappa shape index (κ3) is 3.97. The fraction of sp³-hybridized carbons (Fsp3) is 0.438. The number of hydrogen-bond acceptors (Lipinski definition) is 3. The summed E-state index contributed by atoms with van der Waals surface area (Å²) in [6, 6.07) is 7.77. The summed E-state index contributed by atoms with van der Waals surface area (Å²) in [6.45, 7) is 0.786. The minimum Gasteiger partial charge on any atom is -0.335 e. The van der Waals surface area contributed by atoms with E-state index in [0.29, 0.717) is 30.5 Å². The van der Waals surface area contributed by atoms with Crippen molar-refractivity contribution in [1.29, 1.82) is 0 Å². The van der Waals surface area contributed by atoms with Crippen molar-refractivity contribution in [2.45, 2.75) is 44.8 Å². The lowest BCUT2D eigenvalue weighted by molar-refractivity contribution is -0.132. The first-order valence-electron chi connectivity index (χ1n) is 7.96. The predicted molar refractivity (Wildman–Crippen MR) is 89.9 cm³/mol. The Kier molecular flexibility index (Phi) is 4.89. The average Bonchev–Trinajstić information content (AvgIpc) is 3.35. The molecule has 0 spiro atoms. The minimum atomic E-state index is -0.479. The molecule has 0 radical (unpaired) electrons. The Hall–Kier alpha value is -2.28. The van der Waals surface area contributed by atoms with Crippen LogP contribution in [0.1, 0.15) is 31.2 Å². The fourth-order valence-corrected chi connectivity index (χ4v) is 2.79. The summed E-state index contributed by atoms with van der Waals surface area (Å²) in [6.07, 6.45) is 2.80. The standard InChI is InChI=1S/C16H19ClN4O3/c17-12-5-3-11(4-6-12)10-21(13-7-8-13)14(22)2-1-9-20-15(23)18-19-16(20)24/h3-6,13H,1-2,7-10H2,(H,18,23)(H,19,24). The van der Waals surface area contributed by atoms with Crippen LogP contribution in [0.5, 0.6) is 0 Å². The van der Waals surface area contributed by atoms with Gasteiger partial charge in [-0.1, -0.05) is 23.7 Å². The van der Waals surface area contributed by atoms with Gasteiger partial charge >= 0.3 is 11.4 Å². The van der Waals surface area contributed by atoms with E-state index >= 15 is 0 Å². The maximum absolute atomic E-state index is 12.5. The molecule has 2 N–H and O–H groups in total. The van der Waals surface area contributed by atoms with E-state index in [2.05, 4.69) is 10.2 Å². The van der Waals surface area contributed by atoms with Crippen molar-refractivity contribution >= 4 is 17.5 Å². The predicted octanol–water partition coefficient (Wildman–Crippen LogP) is 1.49. The first kappa shape index (κ1) is 16.6. The van der Waals surface area contributed by atoms with Gasteiger partial charge in [-0.3, -0.25) is 4.79 Å². The molecule has 3 rings (SSSR count). The van der Waals surface area contributed by atoms with Crippen molar-refractivity contribution < 1.29 is 4.79 Å². The molecule has 0 aliphatic heterocycles. The minimum absolute atomic E-state index is 0.0486. The molecule has 0 unspecified atom stereocenters. The monoisotopic (exact) mass is 350 g/mol. The average molecular weight is 351 g/mol. The number of benzene rings is 1. The summed E-state index contributed by atoms with van der Waals surface area (Å²) in [5, 5.41) is 5.13. The number of hydrogen-bond donors (Lipinski definition) is 2. The molecule has 24 heavy (non-hydrogen) atoms. The van der Waals surface area contributed by atoms with Gasteiger partial charge in [-0.15, -0.1) is 0 Å². The first-order valence-corrected chi connectivity index (χ1v) is 8.34. The highest BCUT2D eigenvalue weighted by Crippen LogP contribution is 2.29. The van der Waals surface area contributed by atoms with Gasteiger partial charge in [0.2, 0.25) is 5.91 Å². The number of nitrogens with one attached hydrogen (secondary N) is 2. The van der Waals surface area contributed by atoms with E-state index in [9.17, 15) is 14.4 Å².